The van der Waals surface area contributed by atoms with Gasteiger partial charge >= 0.3 is 5.97 Å². The van der Waals surface area contributed by atoms with E-state index >= 15 is 0 Å². The van der Waals surface area contributed by atoms with Crippen LogP contribution in [0.15, 0.2) is 53.3 Å². The van der Waals surface area contributed by atoms with Gasteiger partial charge in [-0.25, -0.2) is 9.48 Å². The number of nitrogens with zero attached hydrogens (tertiary/aromatic N) is 2. The molecule has 3 rings (SSSR count). The molecule has 1 atom stereocenters. The molecule has 156 valence electrons. The molecule has 0 aliphatic heterocycles. The van der Waals surface area contributed by atoms with E-state index in [1.807, 2.05) is 32.9 Å². The standard InChI is InChI=1S/C23H25N3O4/c1-14(2)13-26-22(28)19-8-6-5-7-18(19)20(25-26)23(29)30-16(4)21(27)24-17-11-9-15(3)10-12-17/h5-12,14,16H,13H2,1-4H3,(H,24,27)/t16-/m0/s1. The summed E-state index contributed by atoms with van der Waals surface area (Å²) in [5.74, 6) is -1.04. The molecule has 0 aliphatic carbocycles. The van der Waals surface area contributed by atoms with E-state index in [0.717, 1.165) is 5.56 Å². The van der Waals surface area contributed by atoms with Crippen molar-refractivity contribution in [3.05, 3.63) is 70.1 Å². The second-order valence-corrected chi connectivity index (χ2v) is 7.68. The molecule has 3 aromatic rings. The molecule has 0 saturated heterocycles. The highest BCUT2D eigenvalue weighted by atomic mass is 16.5. The monoisotopic (exact) mass is 407 g/mol. The van der Waals surface area contributed by atoms with Crippen molar-refractivity contribution < 1.29 is 14.3 Å². The van der Waals surface area contributed by atoms with Gasteiger partial charge in [0.25, 0.3) is 11.5 Å². The lowest BCUT2D eigenvalue weighted by molar-refractivity contribution is -0.123. The molecule has 7 heteroatoms. The predicted molar refractivity (Wildman–Crippen MR) is 116 cm³/mol. The third-order valence-corrected chi connectivity index (χ3v) is 4.57. The topological polar surface area (TPSA) is 90.3 Å². The highest BCUT2D eigenvalue weighted by molar-refractivity contribution is 6.03. The third kappa shape index (κ3) is 4.74. The first-order valence-electron chi connectivity index (χ1n) is 9.84. The second-order valence-electron chi connectivity index (χ2n) is 7.68. The Hall–Kier alpha value is -3.48. The molecule has 0 fully saturated rings. The molecular weight excluding hydrogens is 382 g/mol. The van der Waals surface area contributed by atoms with Gasteiger partial charge in [0.2, 0.25) is 0 Å². The summed E-state index contributed by atoms with van der Waals surface area (Å²) in [6, 6.07) is 14.1. The van der Waals surface area contributed by atoms with Crippen LogP contribution < -0.4 is 10.9 Å². The number of ether oxygens (including phenoxy) is 1. The van der Waals surface area contributed by atoms with Crippen molar-refractivity contribution >= 4 is 28.3 Å². The lowest BCUT2D eigenvalue weighted by Gasteiger charge is -2.15. The molecule has 1 N–H and O–H groups in total. The Kier molecular flexibility index (Phi) is 6.30. The van der Waals surface area contributed by atoms with Crippen LogP contribution in [0.1, 0.15) is 36.8 Å². The maximum absolute atomic E-state index is 12.8. The quantitative estimate of drug-likeness (QED) is 0.631. The van der Waals surface area contributed by atoms with Gasteiger partial charge in [-0.15, -0.1) is 0 Å². The molecule has 0 radical (unpaired) electrons. The molecule has 1 heterocycles. The van der Waals surface area contributed by atoms with Crippen LogP contribution in [0.4, 0.5) is 5.69 Å². The number of carbonyl (C=O) groups excluding carboxylic acids is 2. The van der Waals surface area contributed by atoms with E-state index in [1.165, 1.54) is 11.6 Å². The number of hydrogen-bond acceptors (Lipinski definition) is 5. The van der Waals surface area contributed by atoms with Crippen molar-refractivity contribution in [1.82, 2.24) is 9.78 Å². The summed E-state index contributed by atoms with van der Waals surface area (Å²) < 4.78 is 6.65. The molecule has 1 aromatic heterocycles. The largest absolute Gasteiger partial charge is 0.448 e. The average Bonchev–Trinajstić information content (AvgIpc) is 2.71. The number of fused-ring (bicyclic) bond motifs is 1. The molecule has 1 amide bonds. The minimum Gasteiger partial charge on any atom is -0.448 e. The fourth-order valence-electron chi connectivity index (χ4n) is 3.01. The maximum Gasteiger partial charge on any atom is 0.360 e. The highest BCUT2D eigenvalue weighted by Gasteiger charge is 2.23. The number of aryl methyl sites for hydroxylation is 1. The first kappa shape index (κ1) is 21.2. The maximum atomic E-state index is 12.8. The zero-order valence-electron chi connectivity index (χ0n) is 17.5. The third-order valence-electron chi connectivity index (χ3n) is 4.57. The first-order chi connectivity index (χ1) is 14.3. The lowest BCUT2D eigenvalue weighted by atomic mass is 10.1. The first-order valence-corrected chi connectivity index (χ1v) is 9.84. The number of aromatic nitrogens is 2. The van der Waals surface area contributed by atoms with Crippen LogP contribution in [0.2, 0.25) is 0 Å². The summed E-state index contributed by atoms with van der Waals surface area (Å²) >= 11 is 0. The van der Waals surface area contributed by atoms with E-state index in [1.54, 1.807) is 36.4 Å². The van der Waals surface area contributed by atoms with Gasteiger partial charge in [-0.3, -0.25) is 9.59 Å². The minimum absolute atomic E-state index is 0.0147. The highest BCUT2D eigenvalue weighted by Crippen LogP contribution is 2.16. The van der Waals surface area contributed by atoms with E-state index in [4.69, 9.17) is 4.74 Å². The van der Waals surface area contributed by atoms with Crippen LogP contribution >= 0.6 is 0 Å². The number of hydrogen-bond donors (Lipinski definition) is 1. The average molecular weight is 407 g/mol. The number of amides is 1. The predicted octanol–water partition coefficient (Wildman–Crippen LogP) is 3.54. The Morgan fingerprint density at radius 1 is 1.03 bits per heavy atom. The number of anilines is 1. The summed E-state index contributed by atoms with van der Waals surface area (Å²) in [7, 11) is 0. The Bertz CT molecular complexity index is 1130. The van der Waals surface area contributed by atoms with Crippen molar-refractivity contribution in [2.24, 2.45) is 5.92 Å². The van der Waals surface area contributed by atoms with Crippen LogP contribution in [0.25, 0.3) is 10.8 Å². The van der Waals surface area contributed by atoms with Gasteiger partial charge in [0.05, 0.1) is 5.39 Å². The Morgan fingerprint density at radius 2 is 1.67 bits per heavy atom. The lowest BCUT2D eigenvalue weighted by Crippen LogP contribution is -2.32. The number of nitrogens with one attached hydrogen (secondary N) is 1. The van der Waals surface area contributed by atoms with Crippen molar-refractivity contribution in [3.63, 3.8) is 0 Å². The number of carbonyl (C=O) groups is 2. The summed E-state index contributed by atoms with van der Waals surface area (Å²) in [6.45, 7) is 7.73. The van der Waals surface area contributed by atoms with Crippen molar-refractivity contribution in [3.8, 4) is 0 Å². The van der Waals surface area contributed by atoms with Gasteiger partial charge < -0.3 is 10.1 Å². The van der Waals surface area contributed by atoms with Crippen molar-refractivity contribution in [1.29, 1.82) is 0 Å². The summed E-state index contributed by atoms with van der Waals surface area (Å²) in [5, 5.41) is 7.75. The zero-order valence-corrected chi connectivity index (χ0v) is 17.5. The van der Waals surface area contributed by atoms with Gasteiger partial charge in [-0.1, -0.05) is 49.7 Å². The van der Waals surface area contributed by atoms with E-state index in [2.05, 4.69) is 10.4 Å². The van der Waals surface area contributed by atoms with E-state index in [0.29, 0.717) is 23.0 Å². The molecular formula is C23H25N3O4. The van der Waals surface area contributed by atoms with Gasteiger partial charge in [0, 0.05) is 17.6 Å². The summed E-state index contributed by atoms with van der Waals surface area (Å²) in [4.78, 5) is 38.0. The van der Waals surface area contributed by atoms with E-state index in [9.17, 15) is 14.4 Å². The normalized spacial score (nSPS) is 12.0. The van der Waals surface area contributed by atoms with Gasteiger partial charge in [-0.05, 0) is 38.0 Å². The zero-order chi connectivity index (χ0) is 21.8. The van der Waals surface area contributed by atoms with Crippen LogP contribution in [0.3, 0.4) is 0 Å². The van der Waals surface area contributed by atoms with Crippen LogP contribution in [-0.4, -0.2) is 27.8 Å². The van der Waals surface area contributed by atoms with Crippen LogP contribution in [0, 0.1) is 12.8 Å². The fourth-order valence-corrected chi connectivity index (χ4v) is 3.01. The SMILES string of the molecule is Cc1ccc(NC(=O)[C@H](C)OC(=O)c2nn(CC(C)C)c(=O)c3ccccc23)cc1. The molecule has 30 heavy (non-hydrogen) atoms. The molecule has 0 spiro atoms. The molecule has 0 saturated carbocycles. The van der Waals surface area contributed by atoms with Gasteiger partial charge in [-0.2, -0.15) is 5.10 Å². The fraction of sp³-hybridized carbons (Fsp3) is 0.304. The Morgan fingerprint density at radius 3 is 2.30 bits per heavy atom. The molecule has 0 bridgehead atoms. The second kappa shape index (κ2) is 8.90. The summed E-state index contributed by atoms with van der Waals surface area (Å²) in [5.41, 5.74) is 1.44. The number of rotatable bonds is 6. The van der Waals surface area contributed by atoms with Gasteiger partial charge in [0.1, 0.15) is 0 Å². The molecule has 7 nitrogen and oxygen atoms in total. The van der Waals surface area contributed by atoms with Crippen LogP contribution in [-0.2, 0) is 16.1 Å². The van der Waals surface area contributed by atoms with Crippen molar-refractivity contribution in [2.45, 2.75) is 40.3 Å². The van der Waals surface area contributed by atoms with E-state index < -0.39 is 18.0 Å². The Labute approximate surface area is 174 Å². The number of esters is 1. The molecule has 0 unspecified atom stereocenters. The van der Waals surface area contributed by atoms with Gasteiger partial charge in [0.15, 0.2) is 11.8 Å². The molecule has 2 aromatic carbocycles. The van der Waals surface area contributed by atoms with Crippen LogP contribution in [0.5, 0.6) is 0 Å². The van der Waals surface area contributed by atoms with Crippen molar-refractivity contribution in [2.75, 3.05) is 5.32 Å². The van der Waals surface area contributed by atoms with E-state index in [-0.39, 0.29) is 17.2 Å². The Balaban J connectivity index is 1.85. The summed E-state index contributed by atoms with van der Waals surface area (Å²) in [6.07, 6.45) is -1.04. The smallest absolute Gasteiger partial charge is 0.360 e. The minimum atomic E-state index is -1.04. The number of benzene rings is 2. The molecule has 0 aliphatic rings.